The third-order valence-corrected chi connectivity index (χ3v) is 17.9. The lowest BCUT2D eigenvalue weighted by molar-refractivity contribution is -0.187. The number of nitrogens with one attached hydrogen (secondary N) is 2. The Morgan fingerprint density at radius 2 is 1.22 bits per heavy atom. The number of carboxylic acid groups (broad SMARTS) is 2. The Labute approximate surface area is 421 Å². The number of aryl methyl sites for hydroxylation is 2. The molecule has 14 nitrogen and oxygen atoms in total. The fourth-order valence-electron chi connectivity index (χ4n) is 14.4. The average Bonchev–Trinajstić information content (AvgIpc) is 4.03. The number of fused-ring (bicyclic) bond motifs is 13. The summed E-state index contributed by atoms with van der Waals surface area (Å²) in [4.78, 5) is 76.7. The first kappa shape index (κ1) is 52.3. The molecule has 72 heavy (non-hydrogen) atoms. The highest BCUT2D eigenvalue weighted by molar-refractivity contribution is 5.97. The second-order valence-electron chi connectivity index (χ2n) is 22.1. The van der Waals surface area contributed by atoms with Crippen molar-refractivity contribution >= 4 is 73.8 Å². The number of carboxylic acids is 2. The summed E-state index contributed by atoms with van der Waals surface area (Å²) in [5.74, 6) is -0.0172. The first-order valence-corrected chi connectivity index (χ1v) is 25.7. The minimum absolute atomic E-state index is 0.00469. The number of aliphatic hydroxyl groups is 2. The Hall–Kier alpha value is -5.99. The molecule has 0 spiro atoms. The molecule has 0 amide bonds. The minimum atomic E-state index is -0.961. The highest BCUT2D eigenvalue weighted by Crippen LogP contribution is 2.69. The molecule has 2 unspecified atom stereocenters. The summed E-state index contributed by atoms with van der Waals surface area (Å²) in [5.41, 5.74) is 11.9. The summed E-state index contributed by atoms with van der Waals surface area (Å²) in [5, 5.41) is 40.5. The molecule has 6 N–H and O–H groups in total. The van der Waals surface area contributed by atoms with Crippen molar-refractivity contribution in [2.75, 3.05) is 0 Å². The second kappa shape index (κ2) is 19.5. The maximum atomic E-state index is 12.8. The van der Waals surface area contributed by atoms with Gasteiger partial charge in [-0.1, -0.05) is 26.3 Å². The third kappa shape index (κ3) is 9.00. The van der Waals surface area contributed by atoms with E-state index in [1.807, 2.05) is 58.0 Å². The van der Waals surface area contributed by atoms with E-state index in [4.69, 9.17) is 14.7 Å². The number of esters is 1. The predicted molar refractivity (Wildman–Crippen MR) is 277 cm³/mol. The first-order valence-electron chi connectivity index (χ1n) is 25.7. The molecule has 6 aliphatic rings. The summed E-state index contributed by atoms with van der Waals surface area (Å²) in [6.45, 7) is 21.0. The van der Waals surface area contributed by atoms with E-state index in [0.717, 1.165) is 82.1 Å². The molecule has 5 heterocycles. The van der Waals surface area contributed by atoms with Gasteiger partial charge in [0.1, 0.15) is 0 Å². The van der Waals surface area contributed by atoms with Crippen molar-refractivity contribution in [1.82, 2.24) is 19.9 Å². The summed E-state index contributed by atoms with van der Waals surface area (Å²) in [6, 6.07) is 7.51. The number of hydrogen-bond acceptors (Lipinski definition) is 10. The molecule has 3 saturated carbocycles. The van der Waals surface area contributed by atoms with Gasteiger partial charge in [-0.05, 0) is 193 Å². The fourth-order valence-corrected chi connectivity index (χ4v) is 14.4. The van der Waals surface area contributed by atoms with E-state index in [9.17, 15) is 44.4 Å². The molecule has 3 fully saturated rings. The van der Waals surface area contributed by atoms with Crippen molar-refractivity contribution in [3.63, 3.8) is 0 Å². The zero-order chi connectivity index (χ0) is 52.5. The van der Waals surface area contributed by atoms with Crippen LogP contribution >= 0.6 is 0 Å². The second-order valence-corrected chi connectivity index (χ2v) is 22.1. The number of rotatable bonds is 10. The zero-order valence-corrected chi connectivity index (χ0v) is 43.8. The van der Waals surface area contributed by atoms with Gasteiger partial charge in [-0.3, -0.25) is 24.0 Å². The Kier molecular flexibility index (Phi) is 14.1. The van der Waals surface area contributed by atoms with E-state index in [-0.39, 0.29) is 54.0 Å². The highest BCUT2D eigenvalue weighted by Gasteiger charge is 2.68. The molecule has 3 aromatic rings. The van der Waals surface area contributed by atoms with Crippen LogP contribution in [-0.4, -0.2) is 75.4 Å². The van der Waals surface area contributed by atoms with Crippen molar-refractivity contribution in [2.24, 2.45) is 34.5 Å². The molecule has 9 rings (SSSR count). The Morgan fingerprint density at radius 3 is 1.72 bits per heavy atom. The molecular weight excluding hydrogens is 913 g/mol. The van der Waals surface area contributed by atoms with Gasteiger partial charge in [0.2, 0.25) is 0 Å². The minimum Gasteiger partial charge on any atom is -0.481 e. The number of hydrogen-bond donors (Lipinski definition) is 6. The molecule has 9 atom stereocenters. The van der Waals surface area contributed by atoms with Crippen molar-refractivity contribution in [3.8, 4) is 0 Å². The SMILES string of the molecule is CC(=O)O[C@]1(C(C)=O)CC[C@H]2[C@@H]3C[C@H](C)C4=CC(=O)CC[C@]4(C)[C@H]3CC[C@@]21C.CC1=C(CCC(=O)O)c2cc3nc(cc4[nH]c(cc5[nH]c(cc1n2)c(C)c5C(C)O)c(C)c4C(C)O)C(C)=C3CCC(=O)O. The largest absolute Gasteiger partial charge is 0.481 e. The highest BCUT2D eigenvalue weighted by atomic mass is 16.6. The normalized spacial score (nSPS) is 27.5. The Morgan fingerprint density at radius 1 is 0.722 bits per heavy atom. The van der Waals surface area contributed by atoms with Gasteiger partial charge >= 0.3 is 17.9 Å². The molecule has 0 saturated heterocycles. The van der Waals surface area contributed by atoms with Crippen LogP contribution in [0.4, 0.5) is 0 Å². The van der Waals surface area contributed by atoms with Gasteiger partial charge in [0.25, 0.3) is 0 Å². The fraction of sp³-hybridized carbons (Fsp3) is 0.534. The smallest absolute Gasteiger partial charge is 0.303 e. The number of aromatic amines is 2. The lowest BCUT2D eigenvalue weighted by Crippen LogP contribution is -2.59. The number of Topliss-reactive ketones (excluding diaryl/α,β-unsaturated/α-hetero) is 1. The van der Waals surface area contributed by atoms with Crippen LogP contribution in [0.2, 0.25) is 0 Å². The van der Waals surface area contributed by atoms with Gasteiger partial charge in [0.15, 0.2) is 17.2 Å². The topological polar surface area (TPSA) is 233 Å². The lowest BCUT2D eigenvalue weighted by atomic mass is 9.44. The number of ketones is 2. The van der Waals surface area contributed by atoms with Crippen molar-refractivity contribution in [2.45, 2.75) is 165 Å². The molecule has 14 heteroatoms. The van der Waals surface area contributed by atoms with Gasteiger partial charge in [-0.15, -0.1) is 0 Å². The van der Waals surface area contributed by atoms with Crippen LogP contribution in [0.1, 0.15) is 190 Å². The number of H-pyrrole nitrogens is 2. The van der Waals surface area contributed by atoms with Crippen LogP contribution in [0, 0.1) is 48.3 Å². The van der Waals surface area contributed by atoms with E-state index < -0.39 is 29.7 Å². The molecule has 2 aliphatic heterocycles. The van der Waals surface area contributed by atoms with Crippen molar-refractivity contribution in [1.29, 1.82) is 0 Å². The summed E-state index contributed by atoms with van der Waals surface area (Å²) < 4.78 is 5.84. The van der Waals surface area contributed by atoms with Crippen LogP contribution in [0.5, 0.6) is 0 Å². The third-order valence-electron chi connectivity index (χ3n) is 17.9. The van der Waals surface area contributed by atoms with Crippen molar-refractivity contribution < 1.29 is 49.1 Å². The molecule has 0 radical (unpaired) electrons. The lowest BCUT2D eigenvalue weighted by Gasteiger charge is -2.60. The maximum absolute atomic E-state index is 12.8. The van der Waals surface area contributed by atoms with Gasteiger partial charge < -0.3 is 35.1 Å². The molecule has 8 bridgehead atoms. The van der Waals surface area contributed by atoms with Crippen LogP contribution in [-0.2, 0) is 28.7 Å². The molecule has 3 aromatic heterocycles. The maximum Gasteiger partial charge on any atom is 0.303 e. The van der Waals surface area contributed by atoms with Gasteiger partial charge in [-0.25, -0.2) is 9.97 Å². The van der Waals surface area contributed by atoms with E-state index in [1.54, 1.807) is 20.8 Å². The number of allylic oxidation sites excluding steroid dienone is 5. The first-order chi connectivity index (χ1) is 33.8. The average molecular weight is 985 g/mol. The molecule has 384 valence electrons. The van der Waals surface area contributed by atoms with Gasteiger partial charge in [0, 0.05) is 64.8 Å². The summed E-state index contributed by atoms with van der Waals surface area (Å²) >= 11 is 0. The molecule has 0 aromatic carbocycles. The van der Waals surface area contributed by atoms with Crippen LogP contribution in [0.15, 0.2) is 35.9 Å². The number of carbonyl (C=O) groups is 5. The quantitative estimate of drug-likeness (QED) is 0.104. The van der Waals surface area contributed by atoms with E-state index in [2.05, 4.69) is 30.7 Å². The number of carbonyl (C=O) groups excluding carboxylic acids is 3. The van der Waals surface area contributed by atoms with Gasteiger partial charge in [0.05, 0.1) is 35.0 Å². The number of aromatic nitrogens is 4. The number of ether oxygens (including phenoxy) is 1. The number of aliphatic carboxylic acids is 2. The summed E-state index contributed by atoms with van der Waals surface area (Å²) in [7, 11) is 0. The van der Waals surface area contributed by atoms with E-state index in [0.29, 0.717) is 75.9 Å². The van der Waals surface area contributed by atoms with Crippen LogP contribution in [0.3, 0.4) is 0 Å². The Balaban J connectivity index is 0.000000212. The molecular formula is C58H72N4O10. The monoisotopic (exact) mass is 985 g/mol. The van der Waals surface area contributed by atoms with Crippen molar-refractivity contribution in [3.05, 3.63) is 80.9 Å². The standard InChI is InChI=1S/C34H38N4O6.C24H34O4/c1-15-21(7-9-31(41)42)27-14-28-22(8-10-32(43)44)16(2)24(36-28)12-29-34(20(6)40)18(4)26(38-29)13-30-33(19(5)39)17(3)25(37-30)11-23(15)35-27;1-14-12-18-19(22(4)9-6-17(27)13-21(14)22)7-10-23(5)20(18)8-11-24(23,15(2)25)28-16(3)26/h11-14,19-20,37-40H,7-10H2,1-6H3,(H,41,42)(H,43,44);13-14,18-20H,6-12H2,1-5H3/t;14-,18+,19-,20-,22+,23-,24-/m.0/s1. The number of nitrogens with zero attached hydrogens (tertiary/aromatic N) is 2. The van der Waals surface area contributed by atoms with Gasteiger partial charge in [-0.2, -0.15) is 0 Å². The van der Waals surface area contributed by atoms with E-state index in [1.165, 1.54) is 12.5 Å². The van der Waals surface area contributed by atoms with E-state index >= 15 is 0 Å². The number of aliphatic hydroxyl groups excluding tert-OH is 2. The zero-order valence-electron chi connectivity index (χ0n) is 43.8. The van der Waals surface area contributed by atoms with Crippen LogP contribution < -0.4 is 0 Å². The summed E-state index contributed by atoms with van der Waals surface area (Å²) in [6.07, 6.45) is 7.02. The van der Waals surface area contributed by atoms with Crippen LogP contribution in [0.25, 0.3) is 44.4 Å². The Bertz CT molecular complexity index is 3060. The molecule has 4 aliphatic carbocycles. The predicted octanol–water partition coefficient (Wildman–Crippen LogP) is 11.3.